The molecular formula is C21H28N2. The van der Waals surface area contributed by atoms with E-state index in [2.05, 4.69) is 69.0 Å². The van der Waals surface area contributed by atoms with E-state index in [1.807, 2.05) is 0 Å². The van der Waals surface area contributed by atoms with Gasteiger partial charge in [0.15, 0.2) is 0 Å². The van der Waals surface area contributed by atoms with Crippen LogP contribution < -0.4 is 10.6 Å². The van der Waals surface area contributed by atoms with E-state index < -0.39 is 0 Å². The zero-order valence-electron chi connectivity index (χ0n) is 14.8. The molecule has 0 amide bonds. The maximum Gasteiger partial charge on any atom is 0.0369 e. The van der Waals surface area contributed by atoms with E-state index in [1.165, 1.54) is 33.5 Å². The van der Waals surface area contributed by atoms with Gasteiger partial charge in [0.25, 0.3) is 0 Å². The molecular weight excluding hydrogens is 280 g/mol. The number of aryl methyl sites for hydroxylation is 4. The molecule has 122 valence electrons. The molecule has 0 saturated carbocycles. The van der Waals surface area contributed by atoms with E-state index in [9.17, 15) is 0 Å². The molecule has 1 heterocycles. The van der Waals surface area contributed by atoms with Crippen LogP contribution in [0.15, 0.2) is 36.4 Å². The highest BCUT2D eigenvalue weighted by Crippen LogP contribution is 2.31. The van der Waals surface area contributed by atoms with Gasteiger partial charge >= 0.3 is 0 Å². The minimum atomic E-state index is 0.233. The van der Waals surface area contributed by atoms with Crippen molar-refractivity contribution < 1.29 is 0 Å². The van der Waals surface area contributed by atoms with E-state index >= 15 is 0 Å². The van der Waals surface area contributed by atoms with Crippen molar-refractivity contribution in [2.75, 3.05) is 18.0 Å². The van der Waals surface area contributed by atoms with Gasteiger partial charge in [-0.1, -0.05) is 24.3 Å². The van der Waals surface area contributed by atoms with Crippen molar-refractivity contribution >= 4 is 5.69 Å². The smallest absolute Gasteiger partial charge is 0.0369 e. The zero-order valence-corrected chi connectivity index (χ0v) is 14.8. The largest absolute Gasteiger partial charge is 0.369 e. The summed E-state index contributed by atoms with van der Waals surface area (Å²) in [5.74, 6) is 0.514. The Kier molecular flexibility index (Phi) is 4.45. The van der Waals surface area contributed by atoms with Crippen LogP contribution in [0.3, 0.4) is 0 Å². The van der Waals surface area contributed by atoms with Crippen LogP contribution in [0, 0.1) is 27.7 Å². The first-order chi connectivity index (χ1) is 10.9. The highest BCUT2D eigenvalue weighted by molar-refractivity contribution is 5.52. The lowest BCUT2D eigenvalue weighted by molar-refractivity contribution is 0.454. The summed E-state index contributed by atoms with van der Waals surface area (Å²) in [5.41, 5.74) is 14.5. The van der Waals surface area contributed by atoms with Gasteiger partial charge in [-0.3, -0.25) is 0 Å². The van der Waals surface area contributed by atoms with E-state index in [-0.39, 0.29) is 6.04 Å². The first-order valence-corrected chi connectivity index (χ1v) is 8.59. The summed E-state index contributed by atoms with van der Waals surface area (Å²) in [7, 11) is 0. The predicted molar refractivity (Wildman–Crippen MR) is 99.4 cm³/mol. The monoisotopic (exact) mass is 308 g/mol. The van der Waals surface area contributed by atoms with Crippen molar-refractivity contribution in [2.45, 2.75) is 46.1 Å². The molecule has 0 radical (unpaired) electrons. The number of nitrogens with two attached hydrogens (primary N) is 1. The molecule has 0 spiro atoms. The molecule has 23 heavy (non-hydrogen) atoms. The van der Waals surface area contributed by atoms with E-state index in [0.29, 0.717) is 5.92 Å². The summed E-state index contributed by atoms with van der Waals surface area (Å²) >= 11 is 0. The maximum atomic E-state index is 6.38. The average molecular weight is 308 g/mol. The second-order valence-corrected chi connectivity index (χ2v) is 7.21. The second-order valence-electron chi connectivity index (χ2n) is 7.21. The van der Waals surface area contributed by atoms with Gasteiger partial charge in [0, 0.05) is 30.7 Å². The van der Waals surface area contributed by atoms with Crippen LogP contribution >= 0.6 is 0 Å². The fourth-order valence-corrected chi connectivity index (χ4v) is 3.53. The molecule has 2 N–H and O–H groups in total. The lowest BCUT2D eigenvalue weighted by Crippen LogP contribution is -2.46. The average Bonchev–Trinajstić information content (AvgIpc) is 2.52. The Labute approximate surface area is 140 Å². The molecule has 1 fully saturated rings. The summed E-state index contributed by atoms with van der Waals surface area (Å²) in [6.45, 7) is 10.7. The van der Waals surface area contributed by atoms with Crippen molar-refractivity contribution in [1.29, 1.82) is 0 Å². The quantitative estimate of drug-likeness (QED) is 0.899. The van der Waals surface area contributed by atoms with Gasteiger partial charge in [0.2, 0.25) is 0 Å². The Balaban J connectivity index is 1.86. The van der Waals surface area contributed by atoms with Crippen LogP contribution in [0.2, 0.25) is 0 Å². The predicted octanol–water partition coefficient (Wildman–Crippen LogP) is 4.24. The summed E-state index contributed by atoms with van der Waals surface area (Å²) in [5, 5.41) is 0. The van der Waals surface area contributed by atoms with Gasteiger partial charge in [-0.05, 0) is 74.1 Å². The molecule has 2 unspecified atom stereocenters. The van der Waals surface area contributed by atoms with Crippen LogP contribution in [0.5, 0.6) is 0 Å². The Morgan fingerprint density at radius 3 is 2.13 bits per heavy atom. The highest BCUT2D eigenvalue weighted by atomic mass is 15.2. The number of rotatable bonds is 2. The zero-order chi connectivity index (χ0) is 16.6. The fraction of sp³-hybridized carbons (Fsp3) is 0.429. The topological polar surface area (TPSA) is 29.3 Å². The Morgan fingerprint density at radius 1 is 0.826 bits per heavy atom. The standard InChI is InChI=1S/C21H28N2/c1-14-5-7-18(9-16(14)3)19-11-20(22)13-23(12-19)21-8-6-15(2)17(4)10-21/h5-10,19-20H,11-13,22H2,1-4H3. The fourth-order valence-electron chi connectivity index (χ4n) is 3.53. The summed E-state index contributed by atoms with van der Waals surface area (Å²) in [6, 6.07) is 13.8. The molecule has 1 aliphatic heterocycles. The Bertz CT molecular complexity index is 645. The van der Waals surface area contributed by atoms with Crippen molar-refractivity contribution in [3.63, 3.8) is 0 Å². The molecule has 1 saturated heterocycles. The summed E-state index contributed by atoms with van der Waals surface area (Å²) in [4.78, 5) is 2.46. The first kappa shape index (κ1) is 16.1. The van der Waals surface area contributed by atoms with Gasteiger partial charge in [-0.2, -0.15) is 0 Å². The van der Waals surface area contributed by atoms with Crippen LogP contribution in [-0.2, 0) is 0 Å². The molecule has 0 aliphatic carbocycles. The summed E-state index contributed by atoms with van der Waals surface area (Å²) < 4.78 is 0. The molecule has 1 aliphatic rings. The number of benzene rings is 2. The van der Waals surface area contributed by atoms with Gasteiger partial charge < -0.3 is 10.6 Å². The van der Waals surface area contributed by atoms with Gasteiger partial charge in [0.05, 0.1) is 0 Å². The molecule has 2 atom stereocenters. The molecule has 2 heteroatoms. The third-order valence-electron chi connectivity index (χ3n) is 5.34. The van der Waals surface area contributed by atoms with E-state index in [1.54, 1.807) is 0 Å². The van der Waals surface area contributed by atoms with Crippen molar-refractivity contribution in [3.05, 3.63) is 64.2 Å². The summed E-state index contributed by atoms with van der Waals surface area (Å²) in [6.07, 6.45) is 1.07. The van der Waals surface area contributed by atoms with Crippen LogP contribution in [0.25, 0.3) is 0 Å². The van der Waals surface area contributed by atoms with Crippen molar-refractivity contribution in [3.8, 4) is 0 Å². The minimum absolute atomic E-state index is 0.233. The van der Waals surface area contributed by atoms with Crippen LogP contribution in [0.1, 0.15) is 40.2 Å². The van der Waals surface area contributed by atoms with Crippen molar-refractivity contribution in [1.82, 2.24) is 0 Å². The SMILES string of the molecule is Cc1ccc(C2CC(N)CN(c3ccc(C)c(C)c3)C2)cc1C. The molecule has 0 aromatic heterocycles. The lowest BCUT2D eigenvalue weighted by Gasteiger charge is -2.38. The maximum absolute atomic E-state index is 6.38. The van der Waals surface area contributed by atoms with Crippen LogP contribution in [0.4, 0.5) is 5.69 Å². The normalized spacial score (nSPS) is 21.5. The number of nitrogens with zero attached hydrogens (tertiary/aromatic N) is 1. The van der Waals surface area contributed by atoms with Gasteiger partial charge in [0.1, 0.15) is 0 Å². The third-order valence-corrected chi connectivity index (χ3v) is 5.34. The first-order valence-electron chi connectivity index (χ1n) is 8.59. The molecule has 2 aromatic carbocycles. The molecule has 2 nitrogen and oxygen atoms in total. The van der Waals surface area contributed by atoms with Crippen molar-refractivity contribution in [2.24, 2.45) is 5.73 Å². The molecule has 3 rings (SSSR count). The van der Waals surface area contributed by atoms with E-state index in [4.69, 9.17) is 5.73 Å². The van der Waals surface area contributed by atoms with Gasteiger partial charge in [-0.15, -0.1) is 0 Å². The Morgan fingerprint density at radius 2 is 1.48 bits per heavy atom. The Hall–Kier alpha value is -1.80. The van der Waals surface area contributed by atoms with Gasteiger partial charge in [-0.25, -0.2) is 0 Å². The van der Waals surface area contributed by atoms with Crippen LogP contribution in [-0.4, -0.2) is 19.1 Å². The van der Waals surface area contributed by atoms with E-state index in [0.717, 1.165) is 19.5 Å². The molecule has 2 aromatic rings. The number of hydrogen-bond acceptors (Lipinski definition) is 2. The minimum Gasteiger partial charge on any atom is -0.369 e. The second kappa shape index (κ2) is 6.37. The molecule has 0 bridgehead atoms. The lowest BCUT2D eigenvalue weighted by atomic mass is 9.86. The number of piperidine rings is 1. The third kappa shape index (κ3) is 3.42. The number of anilines is 1. The highest BCUT2D eigenvalue weighted by Gasteiger charge is 2.26. The number of hydrogen-bond donors (Lipinski definition) is 1.